The first-order valence-electron chi connectivity index (χ1n) is 22.7. The molecule has 0 fully saturated rings. The molecule has 2 aromatic heterocycles. The summed E-state index contributed by atoms with van der Waals surface area (Å²) in [4.78, 5) is 51.7. The summed E-state index contributed by atoms with van der Waals surface area (Å²) < 4.78 is 22.5. The normalized spacial score (nSPS) is 10.9. The van der Waals surface area contributed by atoms with Crippen LogP contribution in [0.15, 0.2) is 128 Å². The minimum atomic E-state index is -0.989. The maximum atomic E-state index is 13.0. The summed E-state index contributed by atoms with van der Waals surface area (Å²) in [7, 11) is 7.91. The van der Waals surface area contributed by atoms with E-state index in [2.05, 4.69) is 53.7 Å². The van der Waals surface area contributed by atoms with Crippen LogP contribution in [0.4, 0.5) is 11.4 Å². The molecule has 372 valence electrons. The van der Waals surface area contributed by atoms with Crippen molar-refractivity contribution in [2.45, 2.75) is 51.9 Å². The average Bonchev–Trinajstić information content (AvgIpc) is 3.72. The number of nitrogens with one attached hydrogen (secondary N) is 3. The van der Waals surface area contributed by atoms with Crippen LogP contribution < -0.4 is 40.6 Å². The molecule has 2 heterocycles. The number of aryl methyl sites for hydroxylation is 1. The van der Waals surface area contributed by atoms with E-state index in [9.17, 15) is 19.2 Å². The van der Waals surface area contributed by atoms with Crippen LogP contribution in [0.2, 0.25) is 0 Å². The van der Waals surface area contributed by atoms with Crippen molar-refractivity contribution in [3.63, 3.8) is 0 Å². The lowest BCUT2D eigenvalue weighted by molar-refractivity contribution is -0.119. The number of aromatic carboxylic acids is 1. The van der Waals surface area contributed by atoms with Crippen molar-refractivity contribution in [1.29, 1.82) is 0 Å². The van der Waals surface area contributed by atoms with Gasteiger partial charge in [-0.2, -0.15) is 5.10 Å². The Bertz CT molecular complexity index is 2950. The van der Waals surface area contributed by atoms with E-state index in [1.807, 2.05) is 72.9 Å². The molecular formula is C55H63N7O9. The molecule has 0 aliphatic carbocycles. The highest BCUT2D eigenvalue weighted by atomic mass is 16.5. The van der Waals surface area contributed by atoms with Crippen molar-refractivity contribution in [2.75, 3.05) is 52.2 Å². The van der Waals surface area contributed by atoms with Crippen LogP contribution in [0.5, 0.6) is 23.0 Å². The molecule has 0 atom stereocenters. The fourth-order valence-electron chi connectivity index (χ4n) is 7.51. The summed E-state index contributed by atoms with van der Waals surface area (Å²) in [6.07, 6.45) is 4.30. The van der Waals surface area contributed by atoms with E-state index in [0.29, 0.717) is 58.3 Å². The van der Waals surface area contributed by atoms with E-state index in [1.165, 1.54) is 21.1 Å². The van der Waals surface area contributed by atoms with Crippen molar-refractivity contribution < 1.29 is 43.2 Å². The summed E-state index contributed by atoms with van der Waals surface area (Å²) in [5.74, 6) is 0.657. The first-order valence-corrected chi connectivity index (χ1v) is 22.7. The van der Waals surface area contributed by atoms with E-state index < -0.39 is 5.97 Å². The van der Waals surface area contributed by atoms with Crippen LogP contribution in [-0.2, 0) is 22.7 Å². The molecule has 0 bridgehead atoms. The number of hydrogen-bond acceptors (Lipinski definition) is 11. The lowest BCUT2D eigenvalue weighted by Crippen LogP contribution is -2.28. The second-order valence-electron chi connectivity index (χ2n) is 17.6. The molecule has 16 heteroatoms. The second-order valence-corrected chi connectivity index (χ2v) is 17.6. The quantitative estimate of drug-likeness (QED) is 0.0612. The van der Waals surface area contributed by atoms with Crippen LogP contribution in [0.1, 0.15) is 83.4 Å². The summed E-state index contributed by atoms with van der Waals surface area (Å²) in [5, 5.41) is 22.1. The number of pyridine rings is 1. The third-order valence-corrected chi connectivity index (χ3v) is 11.8. The Kier molecular flexibility index (Phi) is 18.4. The van der Waals surface area contributed by atoms with Gasteiger partial charge in [-0.25, -0.2) is 4.79 Å². The number of para-hydroxylation sites is 1. The molecule has 0 aliphatic rings. The number of carboxylic acids is 1. The van der Waals surface area contributed by atoms with Crippen LogP contribution in [0, 0.1) is 0 Å². The highest BCUT2D eigenvalue weighted by Crippen LogP contribution is 2.37. The van der Waals surface area contributed by atoms with Gasteiger partial charge in [-0.15, -0.1) is 0 Å². The number of nitrogens with two attached hydrogens (primary N) is 1. The van der Waals surface area contributed by atoms with Crippen molar-refractivity contribution in [2.24, 2.45) is 12.8 Å². The second kappa shape index (κ2) is 24.4. The van der Waals surface area contributed by atoms with Gasteiger partial charge in [0.05, 0.1) is 34.0 Å². The fourth-order valence-corrected chi connectivity index (χ4v) is 7.51. The Morgan fingerprint density at radius 2 is 1.24 bits per heavy atom. The monoisotopic (exact) mass is 965 g/mol. The van der Waals surface area contributed by atoms with Gasteiger partial charge in [0.25, 0.3) is 11.8 Å². The van der Waals surface area contributed by atoms with Crippen LogP contribution in [0.3, 0.4) is 0 Å². The highest BCUT2D eigenvalue weighted by Gasteiger charge is 2.25. The van der Waals surface area contributed by atoms with Crippen molar-refractivity contribution >= 4 is 46.0 Å². The van der Waals surface area contributed by atoms with Gasteiger partial charge in [-0.05, 0) is 101 Å². The maximum absolute atomic E-state index is 13.0. The topological polar surface area (TPSA) is 218 Å². The number of nitrogens with zero attached hydrogens (tertiary/aromatic N) is 3. The van der Waals surface area contributed by atoms with E-state index in [1.54, 1.807) is 80.7 Å². The van der Waals surface area contributed by atoms with Crippen LogP contribution in [0.25, 0.3) is 22.0 Å². The summed E-state index contributed by atoms with van der Waals surface area (Å²) in [6.45, 7) is 11.1. The number of fused-ring (bicyclic) bond motifs is 1. The van der Waals surface area contributed by atoms with Gasteiger partial charge in [0.1, 0.15) is 0 Å². The van der Waals surface area contributed by atoms with Crippen LogP contribution in [-0.4, -0.2) is 85.1 Å². The molecule has 7 rings (SSSR count). The van der Waals surface area contributed by atoms with Crippen molar-refractivity contribution in [1.82, 2.24) is 20.1 Å². The number of carbonyl (C=O) groups is 4. The van der Waals surface area contributed by atoms with Gasteiger partial charge in [0.2, 0.25) is 5.91 Å². The SMILES string of the molecule is COc1ccc(C(=O)Nc2ccc(C(C)(C)CCNC(C)=O)c(-c3cccnc3)c2)cc1OC.COc1ccc(C(=O)Nc2ccc(C(C)(C)CN)cc2)cc1OC.Cn1nc(C(=O)O)c2ccccc21. The predicted molar refractivity (Wildman–Crippen MR) is 277 cm³/mol. The molecule has 0 saturated carbocycles. The number of aromatic nitrogens is 3. The van der Waals surface area contributed by atoms with Gasteiger partial charge < -0.3 is 45.7 Å². The van der Waals surface area contributed by atoms with Crippen LogP contribution >= 0.6 is 0 Å². The number of hydrogen-bond donors (Lipinski definition) is 5. The molecular weight excluding hydrogens is 903 g/mol. The molecule has 16 nitrogen and oxygen atoms in total. The highest BCUT2D eigenvalue weighted by molar-refractivity contribution is 6.06. The number of carboxylic acid groups (broad SMARTS) is 1. The Morgan fingerprint density at radius 1 is 0.676 bits per heavy atom. The summed E-state index contributed by atoms with van der Waals surface area (Å²) >= 11 is 0. The lowest BCUT2D eigenvalue weighted by atomic mass is 9.77. The Balaban J connectivity index is 0.000000218. The molecule has 0 radical (unpaired) electrons. The molecule has 5 aromatic carbocycles. The number of anilines is 2. The van der Waals surface area contributed by atoms with E-state index in [0.717, 1.165) is 39.9 Å². The van der Waals surface area contributed by atoms with E-state index in [4.69, 9.17) is 29.8 Å². The predicted octanol–water partition coefficient (Wildman–Crippen LogP) is 9.29. The van der Waals surface area contributed by atoms with Gasteiger partial charge in [0.15, 0.2) is 28.7 Å². The van der Waals surface area contributed by atoms with Crippen molar-refractivity contribution in [3.05, 3.63) is 156 Å². The molecule has 3 amide bonds. The van der Waals surface area contributed by atoms with E-state index in [-0.39, 0.29) is 34.2 Å². The maximum Gasteiger partial charge on any atom is 0.357 e. The van der Waals surface area contributed by atoms with Gasteiger partial charge in [-0.1, -0.05) is 70.2 Å². The zero-order chi connectivity index (χ0) is 51.9. The molecule has 0 aliphatic heterocycles. The largest absolute Gasteiger partial charge is 0.493 e. The lowest BCUT2D eigenvalue weighted by Gasteiger charge is -2.28. The molecule has 0 spiro atoms. The first kappa shape index (κ1) is 53.7. The minimum absolute atomic E-state index is 0.0449. The fraction of sp³-hybridized carbons (Fsp3) is 0.273. The minimum Gasteiger partial charge on any atom is -0.493 e. The number of benzene rings is 5. The van der Waals surface area contributed by atoms with Gasteiger partial charge in [0, 0.05) is 78.3 Å². The van der Waals surface area contributed by atoms with Gasteiger partial charge in [-0.3, -0.25) is 24.0 Å². The number of amides is 3. The number of carbonyl (C=O) groups excluding carboxylic acids is 3. The zero-order valence-corrected chi connectivity index (χ0v) is 41.9. The standard InChI is InChI=1S/C27H31N3O4.C19H24N2O3.C9H8N2O2/c1-18(31)29-14-12-27(2,3)23-10-9-21(16-22(23)20-7-6-13-28-17-20)30-26(32)19-8-11-24(33-4)25(15-19)34-5;1-19(2,12-20)14-6-8-15(9-7-14)21-18(22)13-5-10-16(23-3)17(11-13)24-4;1-11-7-5-3-2-4-6(7)8(10-11)9(12)13/h6-11,13,15-17H,12,14H2,1-5H3,(H,29,31)(H,30,32);5-11H,12,20H2,1-4H3,(H,21,22);2-5H,1H3,(H,12,13). The van der Waals surface area contributed by atoms with Crippen molar-refractivity contribution in [3.8, 4) is 34.1 Å². The number of rotatable bonds is 16. The zero-order valence-electron chi connectivity index (χ0n) is 41.9. The number of ether oxygens (including phenoxy) is 4. The molecule has 6 N–H and O–H groups in total. The summed E-state index contributed by atoms with van der Waals surface area (Å²) in [6, 6.07) is 34.9. The third kappa shape index (κ3) is 13.9. The Morgan fingerprint density at radius 3 is 1.76 bits per heavy atom. The smallest absolute Gasteiger partial charge is 0.357 e. The molecule has 0 unspecified atom stereocenters. The first-order chi connectivity index (χ1) is 33.9. The molecule has 7 aromatic rings. The summed E-state index contributed by atoms with van der Waals surface area (Å²) in [5.41, 5.74) is 12.9. The Hall–Kier alpha value is -8.24. The average molecular weight is 966 g/mol. The molecule has 0 saturated heterocycles. The molecule has 71 heavy (non-hydrogen) atoms. The number of methoxy groups -OCH3 is 4. The Labute approximate surface area is 414 Å². The third-order valence-electron chi connectivity index (χ3n) is 11.8. The van der Waals surface area contributed by atoms with Gasteiger partial charge >= 0.3 is 5.97 Å². The van der Waals surface area contributed by atoms with E-state index >= 15 is 0 Å².